The van der Waals surface area contributed by atoms with Crippen molar-refractivity contribution in [1.29, 1.82) is 0 Å². The zero-order valence-electron chi connectivity index (χ0n) is 10.9. The number of hydrogen-bond donors (Lipinski definition) is 1. The number of carbonyl (C=O) groups is 1. The summed E-state index contributed by atoms with van der Waals surface area (Å²) in [5.41, 5.74) is -1.66. The van der Waals surface area contributed by atoms with Crippen LogP contribution >= 0.6 is 0 Å². The molecule has 0 aliphatic heterocycles. The van der Waals surface area contributed by atoms with Gasteiger partial charge in [0.25, 0.3) is 0 Å². The van der Waals surface area contributed by atoms with Gasteiger partial charge in [-0.1, -0.05) is 19.1 Å². The first kappa shape index (κ1) is 15.6. The SMILES string of the molecule is CCN(C(C)(C)C(=O)O)S(=O)(=O)c1ccccc1F. The van der Waals surface area contributed by atoms with Crippen LogP contribution in [0.3, 0.4) is 0 Å². The van der Waals surface area contributed by atoms with Crippen molar-refractivity contribution in [3.8, 4) is 0 Å². The Morgan fingerprint density at radius 3 is 2.32 bits per heavy atom. The largest absolute Gasteiger partial charge is 0.480 e. The van der Waals surface area contributed by atoms with Crippen LogP contribution in [0.2, 0.25) is 0 Å². The van der Waals surface area contributed by atoms with E-state index < -0.39 is 32.2 Å². The summed E-state index contributed by atoms with van der Waals surface area (Å²) >= 11 is 0. The van der Waals surface area contributed by atoms with E-state index in [1.54, 1.807) is 0 Å². The molecule has 0 aromatic heterocycles. The molecule has 0 aliphatic rings. The highest BCUT2D eigenvalue weighted by atomic mass is 32.2. The van der Waals surface area contributed by atoms with Gasteiger partial charge in [-0.25, -0.2) is 12.8 Å². The van der Waals surface area contributed by atoms with Gasteiger partial charge in [0.2, 0.25) is 10.0 Å². The topological polar surface area (TPSA) is 74.7 Å². The molecule has 19 heavy (non-hydrogen) atoms. The maximum Gasteiger partial charge on any atom is 0.324 e. The smallest absolute Gasteiger partial charge is 0.324 e. The molecular formula is C12H16FNO4S. The Balaban J connectivity index is 3.41. The van der Waals surface area contributed by atoms with Crippen LogP contribution in [0.25, 0.3) is 0 Å². The molecule has 1 aromatic rings. The van der Waals surface area contributed by atoms with Crippen LogP contribution in [0, 0.1) is 5.82 Å². The number of carboxylic acids is 1. The summed E-state index contributed by atoms with van der Waals surface area (Å²) in [7, 11) is -4.21. The van der Waals surface area contributed by atoms with E-state index in [-0.39, 0.29) is 6.54 Å². The maximum atomic E-state index is 13.6. The molecule has 7 heteroatoms. The Morgan fingerprint density at radius 2 is 1.89 bits per heavy atom. The minimum absolute atomic E-state index is 0.0734. The van der Waals surface area contributed by atoms with E-state index in [4.69, 9.17) is 5.11 Å². The molecule has 0 spiro atoms. The number of hydrogen-bond acceptors (Lipinski definition) is 3. The molecule has 1 aromatic carbocycles. The van der Waals surface area contributed by atoms with Crippen LogP contribution in [-0.4, -0.2) is 35.9 Å². The zero-order valence-corrected chi connectivity index (χ0v) is 11.7. The van der Waals surface area contributed by atoms with Gasteiger partial charge in [-0.15, -0.1) is 0 Å². The Morgan fingerprint density at radius 1 is 1.37 bits per heavy atom. The molecule has 1 N–H and O–H groups in total. The summed E-state index contributed by atoms with van der Waals surface area (Å²) < 4.78 is 39.1. The maximum absolute atomic E-state index is 13.6. The predicted molar refractivity (Wildman–Crippen MR) is 67.7 cm³/mol. The number of rotatable bonds is 5. The van der Waals surface area contributed by atoms with Crippen LogP contribution in [0.5, 0.6) is 0 Å². The first-order chi connectivity index (χ1) is 8.65. The third kappa shape index (κ3) is 2.76. The van der Waals surface area contributed by atoms with Crippen LogP contribution in [-0.2, 0) is 14.8 Å². The molecule has 0 radical (unpaired) electrons. The summed E-state index contributed by atoms with van der Waals surface area (Å²) in [4.78, 5) is 10.7. The van der Waals surface area contributed by atoms with Crippen molar-refractivity contribution in [2.75, 3.05) is 6.54 Å². The average molecular weight is 289 g/mol. The van der Waals surface area contributed by atoms with Gasteiger partial charge in [0, 0.05) is 6.54 Å². The first-order valence-electron chi connectivity index (χ1n) is 5.66. The van der Waals surface area contributed by atoms with E-state index in [1.165, 1.54) is 32.9 Å². The molecule has 0 amide bonds. The molecule has 0 saturated carbocycles. The van der Waals surface area contributed by atoms with Crippen molar-refractivity contribution in [3.63, 3.8) is 0 Å². The highest BCUT2D eigenvalue weighted by Crippen LogP contribution is 2.26. The molecule has 0 saturated heterocycles. The van der Waals surface area contributed by atoms with E-state index >= 15 is 0 Å². The molecule has 5 nitrogen and oxygen atoms in total. The molecule has 0 bridgehead atoms. The average Bonchev–Trinajstić information content (AvgIpc) is 2.29. The summed E-state index contributed by atoms with van der Waals surface area (Å²) in [6.07, 6.45) is 0. The number of sulfonamides is 1. The fraction of sp³-hybridized carbons (Fsp3) is 0.417. The lowest BCUT2D eigenvalue weighted by molar-refractivity contribution is -0.146. The molecule has 0 unspecified atom stereocenters. The second kappa shape index (κ2) is 5.26. The van der Waals surface area contributed by atoms with Crippen LogP contribution < -0.4 is 0 Å². The Labute approximate surface area is 111 Å². The third-order valence-electron chi connectivity index (χ3n) is 2.84. The van der Waals surface area contributed by atoms with Crippen molar-refractivity contribution in [2.24, 2.45) is 0 Å². The summed E-state index contributed by atoms with van der Waals surface area (Å²) in [5, 5.41) is 9.12. The minimum atomic E-state index is -4.21. The monoisotopic (exact) mass is 289 g/mol. The molecule has 0 fully saturated rings. The number of nitrogens with zero attached hydrogens (tertiary/aromatic N) is 1. The number of carboxylic acid groups (broad SMARTS) is 1. The van der Waals surface area contributed by atoms with Crippen LogP contribution in [0.15, 0.2) is 29.2 Å². The quantitative estimate of drug-likeness (QED) is 0.895. The van der Waals surface area contributed by atoms with Gasteiger partial charge >= 0.3 is 5.97 Å². The molecule has 106 valence electrons. The van der Waals surface area contributed by atoms with E-state index in [0.29, 0.717) is 0 Å². The molecule has 0 heterocycles. The highest BCUT2D eigenvalue weighted by molar-refractivity contribution is 7.89. The summed E-state index contributed by atoms with van der Waals surface area (Å²) in [6, 6.07) is 4.89. The van der Waals surface area contributed by atoms with Crippen LogP contribution in [0.4, 0.5) is 4.39 Å². The summed E-state index contributed by atoms with van der Waals surface area (Å²) in [6.45, 7) is 3.95. The van der Waals surface area contributed by atoms with E-state index in [9.17, 15) is 17.6 Å². The fourth-order valence-electron chi connectivity index (χ4n) is 1.75. The molecule has 1 rings (SSSR count). The first-order valence-corrected chi connectivity index (χ1v) is 7.10. The minimum Gasteiger partial charge on any atom is -0.480 e. The Hall–Kier alpha value is -1.47. The molecule has 0 aliphatic carbocycles. The Kier molecular flexibility index (Phi) is 4.32. The van der Waals surface area contributed by atoms with E-state index in [1.807, 2.05) is 0 Å². The second-order valence-corrected chi connectivity index (χ2v) is 6.30. The van der Waals surface area contributed by atoms with Gasteiger partial charge < -0.3 is 5.11 Å². The van der Waals surface area contributed by atoms with E-state index in [2.05, 4.69) is 0 Å². The van der Waals surface area contributed by atoms with Gasteiger partial charge in [0.15, 0.2) is 0 Å². The van der Waals surface area contributed by atoms with Crippen LogP contribution in [0.1, 0.15) is 20.8 Å². The molecule has 0 atom stereocenters. The third-order valence-corrected chi connectivity index (χ3v) is 5.02. The molecular weight excluding hydrogens is 273 g/mol. The van der Waals surface area contributed by atoms with Gasteiger partial charge in [0.05, 0.1) is 0 Å². The summed E-state index contributed by atoms with van der Waals surface area (Å²) in [5.74, 6) is -2.20. The second-order valence-electron chi connectivity index (χ2n) is 4.46. The van der Waals surface area contributed by atoms with Crippen molar-refractivity contribution in [2.45, 2.75) is 31.2 Å². The lowest BCUT2D eigenvalue weighted by Gasteiger charge is -2.33. The Bertz CT molecular complexity index is 583. The number of likely N-dealkylation sites (N-methyl/N-ethyl adjacent to an activating group) is 1. The van der Waals surface area contributed by atoms with Crippen molar-refractivity contribution in [3.05, 3.63) is 30.1 Å². The zero-order chi connectivity index (χ0) is 14.8. The van der Waals surface area contributed by atoms with Crippen molar-refractivity contribution >= 4 is 16.0 Å². The number of halogens is 1. The lowest BCUT2D eigenvalue weighted by Crippen LogP contribution is -2.52. The van der Waals surface area contributed by atoms with Gasteiger partial charge in [-0.05, 0) is 26.0 Å². The van der Waals surface area contributed by atoms with E-state index in [0.717, 1.165) is 16.4 Å². The van der Waals surface area contributed by atoms with Gasteiger partial charge in [-0.3, -0.25) is 4.79 Å². The highest BCUT2D eigenvalue weighted by Gasteiger charge is 2.42. The van der Waals surface area contributed by atoms with Gasteiger partial charge in [0.1, 0.15) is 16.3 Å². The fourth-order valence-corrected chi connectivity index (χ4v) is 3.57. The standard InChI is InChI=1S/C12H16FNO4S/c1-4-14(12(2,3)11(15)16)19(17,18)10-8-6-5-7-9(10)13/h5-8H,4H2,1-3H3,(H,15,16). The lowest BCUT2D eigenvalue weighted by atomic mass is 10.1. The van der Waals surface area contributed by atoms with Crippen molar-refractivity contribution in [1.82, 2.24) is 4.31 Å². The van der Waals surface area contributed by atoms with Gasteiger partial charge in [-0.2, -0.15) is 4.31 Å². The normalized spacial score (nSPS) is 12.7. The predicted octanol–water partition coefficient (Wildman–Crippen LogP) is 1.70. The number of benzene rings is 1. The van der Waals surface area contributed by atoms with Crippen molar-refractivity contribution < 1.29 is 22.7 Å². The number of aliphatic carboxylic acids is 1.